The Bertz CT molecular complexity index is 617. The number of nitrogens with two attached hydrogens (primary N) is 1. The third-order valence-electron chi connectivity index (χ3n) is 3.25. The second-order valence-corrected chi connectivity index (χ2v) is 5.58. The molecule has 0 aliphatic heterocycles. The first-order chi connectivity index (χ1) is 9.51. The first kappa shape index (κ1) is 15.1. The molecule has 0 bridgehead atoms. The molecule has 0 aliphatic rings. The molecular weight excluding hydrogens is 326 g/mol. The van der Waals surface area contributed by atoms with Crippen molar-refractivity contribution < 1.29 is 8.78 Å². The van der Waals surface area contributed by atoms with Crippen LogP contribution in [0.3, 0.4) is 0 Å². The van der Waals surface area contributed by atoms with Gasteiger partial charge in [0, 0.05) is 4.47 Å². The first-order valence-corrected chi connectivity index (χ1v) is 6.96. The molecule has 5 heteroatoms. The van der Waals surface area contributed by atoms with E-state index in [-0.39, 0.29) is 17.7 Å². The van der Waals surface area contributed by atoms with Gasteiger partial charge in [0.2, 0.25) is 0 Å². The van der Waals surface area contributed by atoms with Gasteiger partial charge in [0.1, 0.15) is 11.6 Å². The molecule has 0 saturated carbocycles. The van der Waals surface area contributed by atoms with Crippen LogP contribution in [0.15, 0.2) is 40.9 Å². The number of hydrogen-bond acceptors (Lipinski definition) is 2. The van der Waals surface area contributed by atoms with E-state index in [0.717, 1.165) is 11.1 Å². The van der Waals surface area contributed by atoms with Crippen molar-refractivity contribution in [2.24, 2.45) is 5.84 Å². The molecule has 0 saturated heterocycles. The largest absolute Gasteiger partial charge is 0.271 e. The fourth-order valence-electron chi connectivity index (χ4n) is 2.20. The van der Waals surface area contributed by atoms with E-state index in [2.05, 4.69) is 21.4 Å². The molecule has 0 heterocycles. The van der Waals surface area contributed by atoms with E-state index >= 15 is 0 Å². The lowest BCUT2D eigenvalue weighted by molar-refractivity contribution is 0.525. The van der Waals surface area contributed by atoms with Crippen molar-refractivity contribution in [2.75, 3.05) is 0 Å². The number of aryl methyl sites for hydroxylation is 1. The summed E-state index contributed by atoms with van der Waals surface area (Å²) in [4.78, 5) is 0. The van der Waals surface area contributed by atoms with Crippen LogP contribution in [-0.2, 0) is 6.42 Å². The Balaban J connectivity index is 2.28. The van der Waals surface area contributed by atoms with Crippen LogP contribution >= 0.6 is 15.9 Å². The highest BCUT2D eigenvalue weighted by Crippen LogP contribution is 2.24. The quantitative estimate of drug-likeness (QED) is 0.656. The zero-order chi connectivity index (χ0) is 14.7. The molecule has 2 aromatic carbocycles. The minimum atomic E-state index is -0.295. The van der Waals surface area contributed by atoms with E-state index in [1.54, 1.807) is 25.1 Å². The Kier molecular flexibility index (Phi) is 4.86. The molecule has 2 nitrogen and oxygen atoms in total. The van der Waals surface area contributed by atoms with Gasteiger partial charge in [-0.25, -0.2) is 8.78 Å². The number of hydrogen-bond donors (Lipinski definition) is 2. The van der Waals surface area contributed by atoms with Crippen molar-refractivity contribution in [1.29, 1.82) is 0 Å². The molecule has 20 heavy (non-hydrogen) atoms. The number of nitrogens with one attached hydrogen (secondary N) is 1. The Labute approximate surface area is 125 Å². The molecular formula is C15H15BrF2N2. The second kappa shape index (κ2) is 6.43. The molecule has 0 radical (unpaired) electrons. The van der Waals surface area contributed by atoms with Crippen molar-refractivity contribution >= 4 is 15.9 Å². The summed E-state index contributed by atoms with van der Waals surface area (Å²) in [5.41, 5.74) is 4.86. The van der Waals surface area contributed by atoms with Gasteiger partial charge < -0.3 is 0 Å². The van der Waals surface area contributed by atoms with Gasteiger partial charge in [-0.3, -0.25) is 11.3 Å². The number of halogens is 3. The van der Waals surface area contributed by atoms with Crippen LogP contribution in [0.1, 0.15) is 22.7 Å². The van der Waals surface area contributed by atoms with Gasteiger partial charge in [-0.2, -0.15) is 0 Å². The molecule has 1 unspecified atom stereocenters. The lowest BCUT2D eigenvalue weighted by Gasteiger charge is -2.19. The van der Waals surface area contributed by atoms with Gasteiger partial charge in [0.15, 0.2) is 0 Å². The van der Waals surface area contributed by atoms with E-state index in [9.17, 15) is 8.78 Å². The maximum absolute atomic E-state index is 13.9. The van der Waals surface area contributed by atoms with E-state index in [1.165, 1.54) is 18.2 Å². The minimum absolute atomic E-state index is 0.272. The zero-order valence-electron chi connectivity index (χ0n) is 11.0. The smallest absolute Gasteiger partial charge is 0.127 e. The highest BCUT2D eigenvalue weighted by Gasteiger charge is 2.15. The van der Waals surface area contributed by atoms with Crippen LogP contribution in [0.25, 0.3) is 0 Å². The van der Waals surface area contributed by atoms with Gasteiger partial charge in [-0.15, -0.1) is 0 Å². The zero-order valence-corrected chi connectivity index (χ0v) is 12.5. The predicted octanol–water partition coefficient (Wildman–Crippen LogP) is 3.78. The molecule has 0 fully saturated rings. The molecule has 3 N–H and O–H groups in total. The lowest BCUT2D eigenvalue weighted by Crippen LogP contribution is -2.30. The molecule has 0 aromatic heterocycles. The minimum Gasteiger partial charge on any atom is -0.271 e. The Morgan fingerprint density at radius 3 is 2.55 bits per heavy atom. The molecule has 1 atom stereocenters. The first-order valence-electron chi connectivity index (χ1n) is 6.17. The molecule has 2 aromatic rings. The summed E-state index contributed by atoms with van der Waals surface area (Å²) in [6, 6.07) is 9.13. The summed E-state index contributed by atoms with van der Waals surface area (Å²) in [6.07, 6.45) is 0.391. The van der Waals surface area contributed by atoms with Gasteiger partial charge >= 0.3 is 0 Å². The van der Waals surface area contributed by atoms with E-state index in [4.69, 9.17) is 5.84 Å². The third kappa shape index (κ3) is 3.42. The summed E-state index contributed by atoms with van der Waals surface area (Å²) in [7, 11) is 0. The van der Waals surface area contributed by atoms with Gasteiger partial charge in [0.05, 0.1) is 6.04 Å². The highest BCUT2D eigenvalue weighted by atomic mass is 79.9. The highest BCUT2D eigenvalue weighted by molar-refractivity contribution is 9.10. The average Bonchev–Trinajstić information content (AvgIpc) is 2.39. The van der Waals surface area contributed by atoms with Gasteiger partial charge in [-0.1, -0.05) is 28.1 Å². The van der Waals surface area contributed by atoms with Crippen LogP contribution in [0, 0.1) is 18.6 Å². The van der Waals surface area contributed by atoms with Gasteiger partial charge in [-0.05, 0) is 54.3 Å². The Morgan fingerprint density at radius 2 is 1.95 bits per heavy atom. The van der Waals surface area contributed by atoms with E-state index in [1.807, 2.05) is 0 Å². The normalized spacial score (nSPS) is 12.4. The summed E-state index contributed by atoms with van der Waals surface area (Å²) in [6.45, 7) is 1.81. The topological polar surface area (TPSA) is 38.0 Å². The van der Waals surface area contributed by atoms with Crippen molar-refractivity contribution in [2.45, 2.75) is 19.4 Å². The van der Waals surface area contributed by atoms with E-state index in [0.29, 0.717) is 16.5 Å². The fraction of sp³-hybridized carbons (Fsp3) is 0.200. The SMILES string of the molecule is Cc1cc(F)ccc1C(Cc1ccc(Br)cc1F)NN. The summed E-state index contributed by atoms with van der Waals surface area (Å²) >= 11 is 3.22. The predicted molar refractivity (Wildman–Crippen MR) is 79.0 cm³/mol. The molecule has 2 rings (SSSR count). The molecule has 0 spiro atoms. The van der Waals surface area contributed by atoms with Crippen molar-refractivity contribution in [3.8, 4) is 0 Å². The number of hydrazine groups is 1. The van der Waals surface area contributed by atoms with Crippen molar-refractivity contribution in [3.05, 3.63) is 69.2 Å². The lowest BCUT2D eigenvalue weighted by atomic mass is 9.95. The Hall–Kier alpha value is -1.30. The fourth-order valence-corrected chi connectivity index (χ4v) is 2.53. The van der Waals surface area contributed by atoms with Crippen LogP contribution in [0.4, 0.5) is 8.78 Å². The summed E-state index contributed by atoms with van der Waals surface area (Å²) in [5.74, 6) is 4.98. The van der Waals surface area contributed by atoms with Crippen molar-refractivity contribution in [1.82, 2.24) is 5.43 Å². The standard InChI is InChI=1S/C15H15BrF2N2/c1-9-6-12(17)4-5-13(9)15(20-19)7-10-2-3-11(16)8-14(10)18/h2-6,8,15,20H,7,19H2,1H3. The van der Waals surface area contributed by atoms with Crippen molar-refractivity contribution in [3.63, 3.8) is 0 Å². The molecule has 0 aliphatic carbocycles. The Morgan fingerprint density at radius 1 is 1.20 bits per heavy atom. The molecule has 106 valence electrons. The average molecular weight is 341 g/mol. The second-order valence-electron chi connectivity index (χ2n) is 4.66. The van der Waals surface area contributed by atoms with Crippen LogP contribution < -0.4 is 11.3 Å². The van der Waals surface area contributed by atoms with Crippen LogP contribution in [0.5, 0.6) is 0 Å². The summed E-state index contributed by atoms with van der Waals surface area (Å²) in [5, 5.41) is 0. The van der Waals surface area contributed by atoms with Crippen LogP contribution in [-0.4, -0.2) is 0 Å². The molecule has 0 amide bonds. The maximum Gasteiger partial charge on any atom is 0.127 e. The summed E-state index contributed by atoms with van der Waals surface area (Å²) < 4.78 is 27.7. The monoisotopic (exact) mass is 340 g/mol. The van der Waals surface area contributed by atoms with Crippen LogP contribution in [0.2, 0.25) is 0 Å². The van der Waals surface area contributed by atoms with Gasteiger partial charge in [0.25, 0.3) is 0 Å². The maximum atomic E-state index is 13.9. The number of benzene rings is 2. The third-order valence-corrected chi connectivity index (χ3v) is 3.74. The van der Waals surface area contributed by atoms with E-state index < -0.39 is 0 Å². The number of rotatable bonds is 4.